The van der Waals surface area contributed by atoms with Gasteiger partial charge in [-0.05, 0) is 37.8 Å². The molecule has 0 bridgehead atoms. The highest BCUT2D eigenvalue weighted by atomic mass is 35.5. The Morgan fingerprint density at radius 1 is 1.29 bits per heavy atom. The molecule has 0 N–H and O–H groups in total. The molecule has 4 nitrogen and oxygen atoms in total. The number of aromatic nitrogens is 1. The molecule has 128 valence electrons. The fourth-order valence-electron chi connectivity index (χ4n) is 3.67. The van der Waals surface area contributed by atoms with Crippen molar-refractivity contribution >= 4 is 44.2 Å². The molecule has 0 spiro atoms. The van der Waals surface area contributed by atoms with Crippen LogP contribution < -0.4 is 4.90 Å². The van der Waals surface area contributed by atoms with Crippen LogP contribution in [0.4, 0.5) is 5.13 Å². The van der Waals surface area contributed by atoms with E-state index in [0.717, 1.165) is 60.5 Å². The summed E-state index contributed by atoms with van der Waals surface area (Å²) in [7, 11) is 0. The summed E-state index contributed by atoms with van der Waals surface area (Å²) in [6.07, 6.45) is 6.49. The molecule has 0 radical (unpaired) electrons. The molecule has 2 aromatic rings. The summed E-state index contributed by atoms with van der Waals surface area (Å²) in [5.41, 5.74) is 0.788. The Balaban J connectivity index is 1.66. The zero-order chi connectivity index (χ0) is 16.5. The van der Waals surface area contributed by atoms with Crippen molar-refractivity contribution in [2.45, 2.75) is 44.6 Å². The molecule has 4 rings (SSSR count). The summed E-state index contributed by atoms with van der Waals surface area (Å²) >= 11 is 7.81. The number of hydrogen-bond acceptors (Lipinski definition) is 4. The quantitative estimate of drug-likeness (QED) is 0.792. The van der Waals surface area contributed by atoms with Crippen LogP contribution in [-0.4, -0.2) is 30.1 Å². The molecular weight excluding hydrogens is 344 g/mol. The van der Waals surface area contributed by atoms with Gasteiger partial charge >= 0.3 is 0 Å². The Kier molecular flexibility index (Phi) is 4.74. The van der Waals surface area contributed by atoms with Crippen LogP contribution in [-0.2, 0) is 9.53 Å². The molecule has 1 aromatic heterocycles. The number of thiazole rings is 1. The summed E-state index contributed by atoms with van der Waals surface area (Å²) in [4.78, 5) is 19.7. The van der Waals surface area contributed by atoms with Gasteiger partial charge in [0.15, 0.2) is 5.13 Å². The summed E-state index contributed by atoms with van der Waals surface area (Å²) in [5, 5.41) is 1.39. The molecule has 1 saturated heterocycles. The highest BCUT2D eigenvalue weighted by Gasteiger charge is 2.32. The van der Waals surface area contributed by atoms with Gasteiger partial charge in [-0.1, -0.05) is 41.8 Å². The van der Waals surface area contributed by atoms with Gasteiger partial charge in [-0.2, -0.15) is 0 Å². The first-order valence-corrected chi connectivity index (χ1v) is 9.90. The maximum atomic E-state index is 13.1. The average Bonchev–Trinajstić information content (AvgIpc) is 3.32. The number of halogens is 1. The lowest BCUT2D eigenvalue weighted by atomic mass is 10.1. The molecule has 1 saturated carbocycles. The van der Waals surface area contributed by atoms with E-state index in [9.17, 15) is 4.79 Å². The van der Waals surface area contributed by atoms with Crippen molar-refractivity contribution in [2.75, 3.05) is 18.1 Å². The smallest absolute Gasteiger partial charge is 0.231 e. The minimum atomic E-state index is 0.123. The van der Waals surface area contributed by atoms with Crippen LogP contribution in [0, 0.1) is 5.92 Å². The molecule has 1 aliphatic carbocycles. The molecule has 6 heteroatoms. The van der Waals surface area contributed by atoms with E-state index < -0.39 is 0 Å². The van der Waals surface area contributed by atoms with Gasteiger partial charge in [0.25, 0.3) is 0 Å². The van der Waals surface area contributed by atoms with Crippen molar-refractivity contribution in [3.05, 3.63) is 23.2 Å². The Bertz CT molecular complexity index is 736. The zero-order valence-electron chi connectivity index (χ0n) is 13.5. The fraction of sp³-hybridized carbons (Fsp3) is 0.556. The standard InChI is InChI=1S/C18H21ClN2O2S/c19-14-8-3-9-15-16(14)20-18(24-15)21(11-13-7-4-10-23-13)17(22)12-5-1-2-6-12/h3,8-9,12-13H,1-2,4-7,10-11H2/t13-/m1/s1. The van der Waals surface area contributed by atoms with Crippen molar-refractivity contribution in [3.8, 4) is 0 Å². The average molecular weight is 365 g/mol. The van der Waals surface area contributed by atoms with E-state index in [1.54, 1.807) is 11.3 Å². The van der Waals surface area contributed by atoms with E-state index in [1.165, 1.54) is 0 Å². The van der Waals surface area contributed by atoms with Crippen LogP contribution in [0.25, 0.3) is 10.2 Å². The van der Waals surface area contributed by atoms with Crippen molar-refractivity contribution < 1.29 is 9.53 Å². The summed E-state index contributed by atoms with van der Waals surface area (Å²) in [6.45, 7) is 1.40. The highest BCUT2D eigenvalue weighted by Crippen LogP contribution is 2.35. The number of rotatable bonds is 4. The summed E-state index contributed by atoms with van der Waals surface area (Å²) in [5.74, 6) is 0.340. The molecule has 1 aliphatic heterocycles. The Morgan fingerprint density at radius 3 is 2.83 bits per heavy atom. The monoisotopic (exact) mass is 364 g/mol. The lowest BCUT2D eigenvalue weighted by Crippen LogP contribution is -2.40. The summed E-state index contributed by atoms with van der Waals surface area (Å²) in [6, 6.07) is 5.78. The van der Waals surface area contributed by atoms with E-state index in [4.69, 9.17) is 16.3 Å². The molecular formula is C18H21ClN2O2S. The first kappa shape index (κ1) is 16.3. The molecule has 24 heavy (non-hydrogen) atoms. The molecule has 1 amide bonds. The van der Waals surface area contributed by atoms with Crippen LogP contribution in [0.2, 0.25) is 5.02 Å². The van der Waals surface area contributed by atoms with E-state index in [2.05, 4.69) is 4.98 Å². The van der Waals surface area contributed by atoms with Crippen molar-refractivity contribution in [1.82, 2.24) is 4.98 Å². The van der Waals surface area contributed by atoms with Crippen LogP contribution in [0.3, 0.4) is 0 Å². The van der Waals surface area contributed by atoms with Crippen LogP contribution >= 0.6 is 22.9 Å². The normalized spacial score (nSPS) is 21.6. The van der Waals surface area contributed by atoms with Gasteiger partial charge in [0.05, 0.1) is 22.4 Å². The van der Waals surface area contributed by atoms with Gasteiger partial charge in [-0.3, -0.25) is 9.69 Å². The Morgan fingerprint density at radius 2 is 2.12 bits per heavy atom. The third-order valence-electron chi connectivity index (χ3n) is 4.97. The number of amides is 1. The molecule has 2 fully saturated rings. The molecule has 1 aromatic carbocycles. The Labute approximate surface area is 150 Å². The number of ether oxygens (including phenoxy) is 1. The van der Waals surface area contributed by atoms with E-state index >= 15 is 0 Å². The number of hydrogen-bond donors (Lipinski definition) is 0. The molecule has 1 atom stereocenters. The lowest BCUT2D eigenvalue weighted by Gasteiger charge is -2.25. The minimum Gasteiger partial charge on any atom is -0.376 e. The van der Waals surface area contributed by atoms with E-state index in [-0.39, 0.29) is 17.9 Å². The molecule has 2 aliphatic rings. The van der Waals surface area contributed by atoms with Crippen LogP contribution in [0.5, 0.6) is 0 Å². The van der Waals surface area contributed by atoms with Gasteiger partial charge in [0, 0.05) is 12.5 Å². The number of carbonyl (C=O) groups excluding carboxylic acids is 1. The van der Waals surface area contributed by atoms with Crippen molar-refractivity contribution in [1.29, 1.82) is 0 Å². The number of para-hydroxylation sites is 1. The van der Waals surface area contributed by atoms with Gasteiger partial charge in [-0.25, -0.2) is 4.98 Å². The number of carbonyl (C=O) groups is 1. The number of nitrogens with zero attached hydrogens (tertiary/aromatic N) is 2. The number of anilines is 1. The van der Waals surface area contributed by atoms with E-state index in [1.807, 2.05) is 23.1 Å². The third kappa shape index (κ3) is 3.17. The first-order chi connectivity index (χ1) is 11.7. The van der Waals surface area contributed by atoms with Gasteiger partial charge in [0.2, 0.25) is 5.91 Å². The predicted octanol–water partition coefficient (Wildman–Crippen LogP) is 4.65. The fourth-order valence-corrected chi connectivity index (χ4v) is 4.95. The number of fused-ring (bicyclic) bond motifs is 1. The van der Waals surface area contributed by atoms with Gasteiger partial charge in [-0.15, -0.1) is 0 Å². The van der Waals surface area contributed by atoms with Gasteiger partial charge < -0.3 is 4.74 Å². The predicted molar refractivity (Wildman–Crippen MR) is 97.9 cm³/mol. The maximum absolute atomic E-state index is 13.1. The third-order valence-corrected chi connectivity index (χ3v) is 6.32. The molecule has 0 unspecified atom stereocenters. The van der Waals surface area contributed by atoms with Crippen LogP contribution in [0.1, 0.15) is 38.5 Å². The zero-order valence-corrected chi connectivity index (χ0v) is 15.1. The SMILES string of the molecule is O=C(C1CCCC1)N(C[C@H]1CCCO1)c1nc2c(Cl)cccc2s1. The second-order valence-corrected chi connectivity index (χ2v) is 8.06. The molecule has 2 heterocycles. The van der Waals surface area contributed by atoms with Crippen molar-refractivity contribution in [2.24, 2.45) is 5.92 Å². The van der Waals surface area contributed by atoms with Crippen LogP contribution in [0.15, 0.2) is 18.2 Å². The minimum absolute atomic E-state index is 0.123. The van der Waals surface area contributed by atoms with E-state index in [0.29, 0.717) is 11.6 Å². The number of benzene rings is 1. The second-order valence-electron chi connectivity index (χ2n) is 6.65. The van der Waals surface area contributed by atoms with Gasteiger partial charge in [0.1, 0.15) is 5.52 Å². The largest absolute Gasteiger partial charge is 0.376 e. The maximum Gasteiger partial charge on any atom is 0.231 e. The Hall–Kier alpha value is -1.17. The second kappa shape index (κ2) is 6.98. The topological polar surface area (TPSA) is 42.4 Å². The first-order valence-electron chi connectivity index (χ1n) is 8.70. The lowest BCUT2D eigenvalue weighted by molar-refractivity contribution is -0.122. The van der Waals surface area contributed by atoms with Crippen molar-refractivity contribution in [3.63, 3.8) is 0 Å². The summed E-state index contributed by atoms with van der Waals surface area (Å²) < 4.78 is 6.79. The highest BCUT2D eigenvalue weighted by molar-refractivity contribution is 7.22.